The van der Waals surface area contributed by atoms with E-state index in [1.54, 1.807) is 0 Å². The molecule has 3 fully saturated rings. The maximum Gasteiger partial charge on any atom is 0.252 e. The first-order chi connectivity index (χ1) is 12.4. The third kappa shape index (κ3) is 3.26. The largest absolute Gasteiger partial charge is 0.394 e. The van der Waals surface area contributed by atoms with Crippen LogP contribution in [0.1, 0.15) is 0 Å². The molecule has 0 radical (unpaired) electrons. The molecule has 152 valence electrons. The molecule has 0 bridgehead atoms. The van der Waals surface area contributed by atoms with Crippen molar-refractivity contribution in [2.24, 2.45) is 0 Å². The van der Waals surface area contributed by atoms with Gasteiger partial charge in [0, 0.05) is 0 Å². The Bertz CT molecular complexity index is 471. The summed E-state index contributed by atoms with van der Waals surface area (Å²) in [6.45, 7) is -1.05. The first-order valence-electron chi connectivity index (χ1n) is 8.22. The minimum absolute atomic E-state index is 0.139. The summed E-state index contributed by atoms with van der Waals surface area (Å²) >= 11 is 0. The Morgan fingerprint density at radius 1 is 0.808 bits per heavy atom. The second kappa shape index (κ2) is 7.87. The highest BCUT2D eigenvalue weighted by Gasteiger charge is 2.64. The van der Waals surface area contributed by atoms with Gasteiger partial charge in [-0.15, -0.1) is 0 Å². The van der Waals surface area contributed by atoms with Crippen LogP contribution in [-0.2, 0) is 23.7 Å². The summed E-state index contributed by atoms with van der Waals surface area (Å²) in [6.07, 6.45) is -13.9. The SMILES string of the molecule is OC[C@H]1O[C@](O[C@H]2O[C@H](CO)[C@@H](O)[C@H](O)[C@H]2O)(C2OCCO2)[C@@H](O)[C@@H]1O. The fourth-order valence-corrected chi connectivity index (χ4v) is 3.25. The minimum atomic E-state index is -2.18. The van der Waals surface area contributed by atoms with E-state index >= 15 is 0 Å². The van der Waals surface area contributed by atoms with Gasteiger partial charge in [-0.2, -0.15) is 0 Å². The Hall–Kier alpha value is -0.480. The third-order valence-corrected chi connectivity index (χ3v) is 4.73. The van der Waals surface area contributed by atoms with Crippen LogP contribution in [0.2, 0.25) is 0 Å². The van der Waals surface area contributed by atoms with Gasteiger partial charge in [0.2, 0.25) is 6.29 Å². The van der Waals surface area contributed by atoms with E-state index in [0.717, 1.165) is 0 Å². The molecule has 3 rings (SSSR count). The maximum absolute atomic E-state index is 10.5. The summed E-state index contributed by atoms with van der Waals surface area (Å²) in [5.74, 6) is -2.18. The van der Waals surface area contributed by atoms with Gasteiger partial charge in [0.25, 0.3) is 5.79 Å². The van der Waals surface area contributed by atoms with Gasteiger partial charge in [0.15, 0.2) is 6.29 Å². The van der Waals surface area contributed by atoms with E-state index in [4.69, 9.17) is 23.7 Å². The summed E-state index contributed by atoms with van der Waals surface area (Å²) in [5, 5.41) is 69.0. The normalized spacial score (nSPS) is 50.4. The van der Waals surface area contributed by atoms with Gasteiger partial charge in [0.05, 0.1) is 26.4 Å². The summed E-state index contributed by atoms with van der Waals surface area (Å²) < 4.78 is 26.9. The highest BCUT2D eigenvalue weighted by Crippen LogP contribution is 2.41. The van der Waals surface area contributed by atoms with Crippen LogP contribution in [0.4, 0.5) is 0 Å². The van der Waals surface area contributed by atoms with E-state index in [1.165, 1.54) is 0 Å². The molecule has 3 aliphatic heterocycles. The quantitative estimate of drug-likeness (QED) is 0.239. The van der Waals surface area contributed by atoms with E-state index in [1.807, 2.05) is 0 Å². The van der Waals surface area contributed by atoms with Crippen molar-refractivity contribution in [2.75, 3.05) is 26.4 Å². The Labute approximate surface area is 148 Å². The lowest BCUT2D eigenvalue weighted by atomic mass is 9.98. The zero-order valence-electron chi connectivity index (χ0n) is 13.7. The van der Waals surface area contributed by atoms with Gasteiger partial charge in [-0.1, -0.05) is 0 Å². The lowest BCUT2D eigenvalue weighted by Gasteiger charge is -2.44. The van der Waals surface area contributed by atoms with Crippen molar-refractivity contribution >= 4 is 0 Å². The van der Waals surface area contributed by atoms with Gasteiger partial charge in [0.1, 0.15) is 42.7 Å². The molecule has 26 heavy (non-hydrogen) atoms. The molecule has 0 amide bonds. The zero-order valence-corrected chi connectivity index (χ0v) is 13.7. The van der Waals surface area contributed by atoms with Crippen molar-refractivity contribution in [3.8, 4) is 0 Å². The number of aliphatic hydroxyl groups is 7. The predicted molar refractivity (Wildman–Crippen MR) is 77.2 cm³/mol. The van der Waals surface area contributed by atoms with Crippen molar-refractivity contribution < 1.29 is 59.4 Å². The van der Waals surface area contributed by atoms with Crippen LogP contribution < -0.4 is 0 Å². The van der Waals surface area contributed by atoms with Crippen LogP contribution in [0.15, 0.2) is 0 Å². The van der Waals surface area contributed by atoms with Crippen LogP contribution >= 0.6 is 0 Å². The van der Waals surface area contributed by atoms with E-state index in [9.17, 15) is 35.7 Å². The van der Waals surface area contributed by atoms with Crippen LogP contribution in [0.25, 0.3) is 0 Å². The summed E-state index contributed by atoms with van der Waals surface area (Å²) in [7, 11) is 0. The number of aliphatic hydroxyl groups excluding tert-OH is 7. The highest BCUT2D eigenvalue weighted by molar-refractivity contribution is 5.01. The fourth-order valence-electron chi connectivity index (χ4n) is 3.25. The van der Waals surface area contributed by atoms with Gasteiger partial charge >= 0.3 is 0 Å². The lowest BCUT2D eigenvalue weighted by molar-refractivity contribution is -0.414. The number of hydrogen-bond acceptors (Lipinski definition) is 12. The molecule has 0 aromatic heterocycles. The molecule has 7 N–H and O–H groups in total. The molecule has 9 atom stereocenters. The van der Waals surface area contributed by atoms with Gasteiger partial charge < -0.3 is 59.4 Å². The fraction of sp³-hybridized carbons (Fsp3) is 1.00. The van der Waals surface area contributed by atoms with Crippen molar-refractivity contribution in [1.82, 2.24) is 0 Å². The second-order valence-electron chi connectivity index (χ2n) is 6.38. The molecule has 3 aliphatic rings. The summed E-state index contributed by atoms with van der Waals surface area (Å²) in [4.78, 5) is 0. The first kappa shape index (κ1) is 20.3. The molecule has 12 nitrogen and oxygen atoms in total. The molecule has 3 saturated heterocycles. The highest BCUT2D eigenvalue weighted by atomic mass is 16.8. The summed E-state index contributed by atoms with van der Waals surface area (Å²) in [6, 6.07) is 0. The van der Waals surface area contributed by atoms with Gasteiger partial charge in [-0.05, 0) is 0 Å². The first-order valence-corrected chi connectivity index (χ1v) is 8.22. The molecule has 12 heteroatoms. The van der Waals surface area contributed by atoms with E-state index in [2.05, 4.69) is 0 Å². The molecule has 0 aliphatic carbocycles. The predicted octanol–water partition coefficient (Wildman–Crippen LogP) is -5.01. The van der Waals surface area contributed by atoms with Crippen molar-refractivity contribution in [2.45, 2.75) is 61.1 Å². The van der Waals surface area contributed by atoms with Crippen LogP contribution in [0.5, 0.6) is 0 Å². The molecule has 0 aromatic carbocycles. The molecule has 3 heterocycles. The Morgan fingerprint density at radius 3 is 1.96 bits per heavy atom. The molecular weight excluding hydrogens is 360 g/mol. The smallest absolute Gasteiger partial charge is 0.252 e. The molecule has 0 unspecified atom stereocenters. The van der Waals surface area contributed by atoms with Gasteiger partial charge in [-0.3, -0.25) is 0 Å². The monoisotopic (exact) mass is 384 g/mol. The van der Waals surface area contributed by atoms with Crippen LogP contribution in [-0.4, -0.2) is 123 Å². The average Bonchev–Trinajstić information content (AvgIpc) is 3.26. The molecule has 0 spiro atoms. The Morgan fingerprint density at radius 2 is 1.42 bits per heavy atom. The topological polar surface area (TPSA) is 188 Å². The minimum Gasteiger partial charge on any atom is -0.394 e. The molecule has 0 aromatic rings. The van der Waals surface area contributed by atoms with Crippen LogP contribution in [0.3, 0.4) is 0 Å². The van der Waals surface area contributed by atoms with E-state index < -0.39 is 74.3 Å². The average molecular weight is 384 g/mol. The molecular formula is C14H24O12. The van der Waals surface area contributed by atoms with Gasteiger partial charge in [-0.25, -0.2) is 0 Å². The number of ether oxygens (including phenoxy) is 5. The Kier molecular flexibility index (Phi) is 6.13. The summed E-state index contributed by atoms with van der Waals surface area (Å²) in [5.41, 5.74) is 0. The third-order valence-electron chi connectivity index (χ3n) is 4.73. The van der Waals surface area contributed by atoms with E-state index in [0.29, 0.717) is 0 Å². The van der Waals surface area contributed by atoms with Crippen LogP contribution in [0, 0.1) is 0 Å². The Balaban J connectivity index is 1.86. The number of rotatable bonds is 5. The van der Waals surface area contributed by atoms with Crippen molar-refractivity contribution in [3.63, 3.8) is 0 Å². The second-order valence-corrected chi connectivity index (χ2v) is 6.38. The van der Waals surface area contributed by atoms with Crippen molar-refractivity contribution in [3.05, 3.63) is 0 Å². The maximum atomic E-state index is 10.5. The van der Waals surface area contributed by atoms with Crippen molar-refractivity contribution in [1.29, 1.82) is 0 Å². The zero-order chi connectivity index (χ0) is 19.1. The standard InChI is InChI=1S/C14H24O12/c15-3-5-7(17)9(19)10(20)12(24-5)26-14(13-22-1-2-23-13)11(21)8(18)6(4-16)25-14/h5-13,15-21H,1-4H2/t5-,6-,7-,8-,9+,10-,11+,12-,14-/m1/s1. The lowest BCUT2D eigenvalue weighted by Crippen LogP contribution is -2.64. The number of hydrogen-bond donors (Lipinski definition) is 7. The van der Waals surface area contributed by atoms with E-state index in [-0.39, 0.29) is 13.2 Å². The molecule has 0 saturated carbocycles.